The fraction of sp³-hybridized carbons (Fsp3) is 0.471. The van der Waals surface area contributed by atoms with E-state index in [0.29, 0.717) is 0 Å². The molecule has 0 amide bonds. The number of ketones is 1. The van der Waals surface area contributed by atoms with Gasteiger partial charge < -0.3 is 9.88 Å². The van der Waals surface area contributed by atoms with Crippen molar-refractivity contribution < 1.29 is 4.79 Å². The van der Waals surface area contributed by atoms with E-state index in [2.05, 4.69) is 21.8 Å². The van der Waals surface area contributed by atoms with Crippen LogP contribution in [0, 0.1) is 6.92 Å². The molecule has 0 radical (unpaired) electrons. The van der Waals surface area contributed by atoms with Crippen LogP contribution in [-0.2, 0) is 0 Å². The molecule has 1 N–H and O–H groups in total. The van der Waals surface area contributed by atoms with Crippen LogP contribution < -0.4 is 0 Å². The number of hydrogen-bond donors (Lipinski definition) is 1. The second-order valence-corrected chi connectivity index (χ2v) is 6.05. The fourth-order valence-electron chi connectivity index (χ4n) is 3.18. The van der Waals surface area contributed by atoms with Crippen molar-refractivity contribution >= 4 is 16.7 Å². The third kappa shape index (κ3) is 2.61. The van der Waals surface area contributed by atoms with E-state index in [4.69, 9.17) is 0 Å². The Bertz CT molecular complexity index is 653. The highest BCUT2D eigenvalue weighted by Crippen LogP contribution is 2.24. The molecule has 0 aliphatic carbocycles. The number of carbonyl (C=O) groups is 1. The van der Waals surface area contributed by atoms with Crippen LogP contribution in [0.15, 0.2) is 24.3 Å². The van der Waals surface area contributed by atoms with Crippen LogP contribution in [0.4, 0.5) is 0 Å². The number of aryl methyl sites for hydroxylation is 1. The van der Waals surface area contributed by atoms with Gasteiger partial charge in [-0.25, -0.2) is 0 Å². The van der Waals surface area contributed by atoms with Crippen LogP contribution in [0.25, 0.3) is 10.9 Å². The highest BCUT2D eigenvalue weighted by atomic mass is 16.1. The van der Waals surface area contributed by atoms with Gasteiger partial charge >= 0.3 is 0 Å². The number of para-hydroxylation sites is 1. The first-order chi connectivity index (χ1) is 10.1. The van der Waals surface area contributed by atoms with Crippen molar-refractivity contribution in [2.45, 2.75) is 19.9 Å². The van der Waals surface area contributed by atoms with Gasteiger partial charge in [-0.3, -0.25) is 9.69 Å². The zero-order valence-corrected chi connectivity index (χ0v) is 13.0. The van der Waals surface area contributed by atoms with Crippen molar-refractivity contribution in [1.29, 1.82) is 0 Å². The van der Waals surface area contributed by atoms with Crippen molar-refractivity contribution in [2.24, 2.45) is 0 Å². The van der Waals surface area contributed by atoms with Crippen molar-refractivity contribution in [1.82, 2.24) is 14.8 Å². The smallest absolute Gasteiger partial charge is 0.182 e. The largest absolute Gasteiger partial charge is 0.358 e. The molecule has 1 aliphatic rings. The molecule has 0 saturated carbocycles. The minimum absolute atomic E-state index is 0.0587. The lowest BCUT2D eigenvalue weighted by Gasteiger charge is -2.35. The molecule has 4 nitrogen and oxygen atoms in total. The predicted molar refractivity (Wildman–Crippen MR) is 85.9 cm³/mol. The van der Waals surface area contributed by atoms with Crippen LogP contribution in [0.3, 0.4) is 0 Å². The molecular weight excluding hydrogens is 262 g/mol. The summed E-state index contributed by atoms with van der Waals surface area (Å²) < 4.78 is 0. The summed E-state index contributed by atoms with van der Waals surface area (Å²) in [6.07, 6.45) is 0. The summed E-state index contributed by atoms with van der Waals surface area (Å²) in [4.78, 5) is 20.9. The van der Waals surface area contributed by atoms with Crippen molar-refractivity contribution in [2.75, 3.05) is 33.2 Å². The summed E-state index contributed by atoms with van der Waals surface area (Å²) in [5, 5.41) is 1.04. The first-order valence-corrected chi connectivity index (χ1v) is 7.62. The van der Waals surface area contributed by atoms with Crippen molar-refractivity contribution in [3.05, 3.63) is 35.5 Å². The molecule has 1 aromatic heterocycles. The fourth-order valence-corrected chi connectivity index (χ4v) is 3.18. The van der Waals surface area contributed by atoms with E-state index in [9.17, 15) is 4.79 Å². The van der Waals surface area contributed by atoms with Gasteiger partial charge in [-0.15, -0.1) is 0 Å². The van der Waals surface area contributed by atoms with E-state index >= 15 is 0 Å². The minimum atomic E-state index is -0.0587. The zero-order valence-electron chi connectivity index (χ0n) is 13.0. The van der Waals surface area contributed by atoms with Crippen LogP contribution in [0.2, 0.25) is 0 Å². The van der Waals surface area contributed by atoms with Crippen molar-refractivity contribution in [3.8, 4) is 0 Å². The molecule has 4 heteroatoms. The van der Waals surface area contributed by atoms with Gasteiger partial charge in [-0.05, 0) is 27.0 Å². The van der Waals surface area contributed by atoms with E-state index in [0.717, 1.165) is 48.3 Å². The summed E-state index contributed by atoms with van der Waals surface area (Å²) >= 11 is 0. The highest BCUT2D eigenvalue weighted by molar-refractivity contribution is 6.11. The lowest BCUT2D eigenvalue weighted by molar-refractivity contribution is 0.0739. The molecule has 112 valence electrons. The number of piperazine rings is 1. The number of nitrogens with one attached hydrogen (secondary N) is 1. The van der Waals surface area contributed by atoms with Gasteiger partial charge in [0.05, 0.1) is 6.04 Å². The minimum Gasteiger partial charge on any atom is -0.358 e. The third-order valence-electron chi connectivity index (χ3n) is 4.61. The Kier molecular flexibility index (Phi) is 3.83. The maximum absolute atomic E-state index is 12.9. The monoisotopic (exact) mass is 285 g/mol. The molecule has 2 heterocycles. The van der Waals surface area contributed by atoms with Crippen molar-refractivity contribution in [3.63, 3.8) is 0 Å². The summed E-state index contributed by atoms with van der Waals surface area (Å²) in [6, 6.07) is 7.99. The van der Waals surface area contributed by atoms with E-state index < -0.39 is 0 Å². The first kappa shape index (κ1) is 14.3. The molecule has 1 atom stereocenters. The zero-order chi connectivity index (χ0) is 15.0. The maximum Gasteiger partial charge on any atom is 0.182 e. The Balaban J connectivity index is 1.88. The number of aromatic nitrogens is 1. The molecular formula is C17H23N3O. The molecule has 0 unspecified atom stereocenters. The molecule has 3 rings (SSSR count). The maximum atomic E-state index is 12.9. The third-order valence-corrected chi connectivity index (χ3v) is 4.61. The molecule has 1 aromatic carbocycles. The Morgan fingerprint density at radius 1 is 1.19 bits per heavy atom. The summed E-state index contributed by atoms with van der Waals surface area (Å²) in [5.41, 5.74) is 2.88. The van der Waals surface area contributed by atoms with Crippen LogP contribution in [0.5, 0.6) is 0 Å². The van der Waals surface area contributed by atoms with Gasteiger partial charge in [0.2, 0.25) is 0 Å². The van der Waals surface area contributed by atoms with Gasteiger partial charge in [0, 0.05) is 48.3 Å². The first-order valence-electron chi connectivity index (χ1n) is 7.62. The van der Waals surface area contributed by atoms with Crippen LogP contribution in [-0.4, -0.2) is 59.8 Å². The predicted octanol–water partition coefficient (Wildman–Crippen LogP) is 2.29. The molecule has 1 saturated heterocycles. The number of carbonyl (C=O) groups excluding carboxylic acids is 1. The van der Waals surface area contributed by atoms with Gasteiger partial charge in [0.15, 0.2) is 5.78 Å². The summed E-state index contributed by atoms with van der Waals surface area (Å²) in [5.74, 6) is 0.231. The molecule has 1 fully saturated rings. The number of aromatic amines is 1. The average molecular weight is 285 g/mol. The number of nitrogens with zero attached hydrogens (tertiary/aromatic N) is 2. The van der Waals surface area contributed by atoms with Gasteiger partial charge in [0.25, 0.3) is 0 Å². The number of rotatable bonds is 3. The second-order valence-electron chi connectivity index (χ2n) is 6.05. The van der Waals surface area contributed by atoms with E-state index in [1.807, 2.05) is 38.1 Å². The highest BCUT2D eigenvalue weighted by Gasteiger charge is 2.27. The number of hydrogen-bond acceptors (Lipinski definition) is 3. The normalized spacial score (nSPS) is 19.0. The number of fused-ring (bicyclic) bond motifs is 1. The number of Topliss-reactive ketones (excluding diaryl/α,β-unsaturated/α-hetero) is 1. The SMILES string of the molecule is Cc1[nH]c2ccccc2c1C(=O)[C@@H](C)N1CCN(C)CC1. The average Bonchev–Trinajstić information content (AvgIpc) is 2.82. The number of benzene rings is 1. The van der Waals surface area contributed by atoms with Crippen LogP contribution in [0.1, 0.15) is 23.0 Å². The summed E-state index contributed by atoms with van der Waals surface area (Å²) in [7, 11) is 2.13. The lowest BCUT2D eigenvalue weighted by atomic mass is 10.0. The molecule has 0 bridgehead atoms. The lowest BCUT2D eigenvalue weighted by Crippen LogP contribution is -2.50. The van der Waals surface area contributed by atoms with Gasteiger partial charge in [-0.1, -0.05) is 18.2 Å². The van der Waals surface area contributed by atoms with Gasteiger partial charge in [0.1, 0.15) is 0 Å². The Labute approximate surface area is 125 Å². The molecule has 0 spiro atoms. The number of H-pyrrole nitrogens is 1. The molecule has 21 heavy (non-hydrogen) atoms. The quantitative estimate of drug-likeness (QED) is 0.880. The number of likely N-dealkylation sites (N-methyl/N-ethyl adjacent to an activating group) is 1. The molecule has 2 aromatic rings. The Morgan fingerprint density at radius 3 is 2.57 bits per heavy atom. The topological polar surface area (TPSA) is 39.3 Å². The Hall–Kier alpha value is -1.65. The van der Waals surface area contributed by atoms with E-state index in [1.165, 1.54) is 0 Å². The van der Waals surface area contributed by atoms with Gasteiger partial charge in [-0.2, -0.15) is 0 Å². The Morgan fingerprint density at radius 2 is 1.86 bits per heavy atom. The van der Waals surface area contributed by atoms with E-state index in [1.54, 1.807) is 0 Å². The second kappa shape index (κ2) is 5.62. The summed E-state index contributed by atoms with van der Waals surface area (Å²) in [6.45, 7) is 8.02. The van der Waals surface area contributed by atoms with E-state index in [-0.39, 0.29) is 11.8 Å². The molecule has 1 aliphatic heterocycles. The standard InChI is InChI=1S/C17H23N3O/c1-12-16(14-6-4-5-7-15(14)18-12)17(21)13(2)20-10-8-19(3)9-11-20/h4-7,13,18H,8-11H2,1-3H3/t13-/m1/s1. The van der Waals surface area contributed by atoms with Crippen LogP contribution >= 0.6 is 0 Å².